The number of rotatable bonds is 10. The number of carbonyl (C=O) groups is 1. The van der Waals surface area contributed by atoms with Crippen LogP contribution in [0.2, 0.25) is 0 Å². The molecule has 118 valence electrons. The molecule has 0 aliphatic heterocycles. The molecule has 0 radical (unpaired) electrons. The number of nitrogens with one attached hydrogen (secondary N) is 1. The lowest BCUT2D eigenvalue weighted by molar-refractivity contribution is -0.107. The van der Waals surface area contributed by atoms with Crippen LogP contribution >= 0.6 is 0 Å². The van der Waals surface area contributed by atoms with E-state index in [-0.39, 0.29) is 6.61 Å². The zero-order valence-electron chi connectivity index (χ0n) is 13.0. The van der Waals surface area contributed by atoms with E-state index in [1.807, 2.05) is 32.0 Å². The fraction of sp³-hybridized carbons (Fsp3) is 0.562. The molecule has 1 aromatic carbocycles. The van der Waals surface area contributed by atoms with Crippen LogP contribution in [-0.2, 0) is 11.2 Å². The summed E-state index contributed by atoms with van der Waals surface area (Å²) in [5.41, 5.74) is 1.02. The molecule has 1 unspecified atom stereocenters. The van der Waals surface area contributed by atoms with Crippen molar-refractivity contribution in [3.05, 3.63) is 23.8 Å². The van der Waals surface area contributed by atoms with Gasteiger partial charge in [0, 0.05) is 19.0 Å². The number of aldehydes is 1. The first-order valence-corrected chi connectivity index (χ1v) is 7.21. The Morgan fingerprint density at radius 3 is 2.71 bits per heavy atom. The normalized spacial score (nSPS) is 12.2. The molecule has 0 spiro atoms. The average Bonchev–Trinajstić information content (AvgIpc) is 2.49. The first-order chi connectivity index (χ1) is 10.1. The zero-order chi connectivity index (χ0) is 15.7. The van der Waals surface area contributed by atoms with Gasteiger partial charge in [0.25, 0.3) is 0 Å². The first-order valence-electron chi connectivity index (χ1n) is 7.21. The van der Waals surface area contributed by atoms with Crippen molar-refractivity contribution < 1.29 is 19.4 Å². The van der Waals surface area contributed by atoms with Gasteiger partial charge in [0.05, 0.1) is 7.11 Å². The van der Waals surface area contributed by atoms with E-state index in [2.05, 4.69) is 5.32 Å². The van der Waals surface area contributed by atoms with Crippen molar-refractivity contribution in [2.24, 2.45) is 0 Å². The average molecular weight is 295 g/mol. The van der Waals surface area contributed by atoms with E-state index in [9.17, 15) is 9.90 Å². The summed E-state index contributed by atoms with van der Waals surface area (Å²) < 4.78 is 10.9. The second kappa shape index (κ2) is 9.37. The number of ether oxygens (including phenoxy) is 2. The Bertz CT molecular complexity index is 434. The number of hydrogen-bond donors (Lipinski definition) is 2. The molecule has 0 fully saturated rings. The summed E-state index contributed by atoms with van der Waals surface area (Å²) in [7, 11) is 1.57. The number of aryl methyl sites for hydroxylation is 1. The molecule has 0 saturated heterocycles. The first kappa shape index (κ1) is 17.5. The molecule has 1 rings (SSSR count). The van der Waals surface area contributed by atoms with Crippen LogP contribution in [0, 0.1) is 0 Å². The lowest BCUT2D eigenvalue weighted by atomic mass is 10.1. The lowest BCUT2D eigenvalue weighted by Gasteiger charge is -2.16. The van der Waals surface area contributed by atoms with Crippen LogP contribution in [0.1, 0.15) is 25.8 Å². The van der Waals surface area contributed by atoms with Gasteiger partial charge in [0.2, 0.25) is 0 Å². The van der Waals surface area contributed by atoms with Gasteiger partial charge < -0.3 is 24.7 Å². The van der Waals surface area contributed by atoms with Gasteiger partial charge in [0.1, 0.15) is 19.0 Å². The molecule has 5 nitrogen and oxygen atoms in total. The second-order valence-electron chi connectivity index (χ2n) is 5.22. The minimum atomic E-state index is -0.577. The van der Waals surface area contributed by atoms with Crippen LogP contribution in [0.5, 0.6) is 11.5 Å². The molecule has 0 heterocycles. The van der Waals surface area contributed by atoms with Gasteiger partial charge in [-0.15, -0.1) is 0 Å². The third-order valence-corrected chi connectivity index (χ3v) is 2.97. The van der Waals surface area contributed by atoms with Crippen molar-refractivity contribution in [3.63, 3.8) is 0 Å². The summed E-state index contributed by atoms with van der Waals surface area (Å²) in [6.45, 7) is 4.73. The Labute approximate surface area is 126 Å². The summed E-state index contributed by atoms with van der Waals surface area (Å²) in [4.78, 5) is 10.4. The van der Waals surface area contributed by atoms with E-state index >= 15 is 0 Å². The van der Waals surface area contributed by atoms with Gasteiger partial charge in [-0.3, -0.25) is 0 Å². The van der Waals surface area contributed by atoms with Crippen molar-refractivity contribution in [2.45, 2.75) is 38.8 Å². The van der Waals surface area contributed by atoms with Crippen molar-refractivity contribution in [3.8, 4) is 11.5 Å². The van der Waals surface area contributed by atoms with Gasteiger partial charge in [-0.2, -0.15) is 0 Å². The maximum absolute atomic E-state index is 10.4. The van der Waals surface area contributed by atoms with Crippen LogP contribution in [0.4, 0.5) is 0 Å². The molecule has 1 atom stereocenters. The fourth-order valence-electron chi connectivity index (χ4n) is 1.83. The molecule has 0 amide bonds. The summed E-state index contributed by atoms with van der Waals surface area (Å²) in [6, 6.07) is 5.89. The highest BCUT2D eigenvalue weighted by atomic mass is 16.5. The van der Waals surface area contributed by atoms with Gasteiger partial charge >= 0.3 is 0 Å². The standard InChI is InChI=1S/C16H25NO4/c1-12(2)17-10-14(19)11-21-15-7-6-13(5-4-8-18)9-16(15)20-3/h6-9,12,14,17,19H,4-5,10-11H2,1-3H3. The van der Waals surface area contributed by atoms with Crippen LogP contribution in [0.3, 0.4) is 0 Å². The zero-order valence-corrected chi connectivity index (χ0v) is 13.0. The molecular formula is C16H25NO4. The van der Waals surface area contributed by atoms with Gasteiger partial charge in [0.15, 0.2) is 11.5 Å². The number of aliphatic hydroxyl groups is 1. The third-order valence-electron chi connectivity index (χ3n) is 2.97. The quantitative estimate of drug-likeness (QED) is 0.641. The van der Waals surface area contributed by atoms with E-state index in [4.69, 9.17) is 9.47 Å². The Morgan fingerprint density at radius 1 is 1.33 bits per heavy atom. The molecular weight excluding hydrogens is 270 g/mol. The van der Waals surface area contributed by atoms with Crippen molar-refractivity contribution >= 4 is 6.29 Å². The Morgan fingerprint density at radius 2 is 2.10 bits per heavy atom. The molecule has 0 aromatic heterocycles. The number of aliphatic hydroxyl groups excluding tert-OH is 1. The third kappa shape index (κ3) is 6.60. The fourth-order valence-corrected chi connectivity index (χ4v) is 1.83. The van der Waals surface area contributed by atoms with E-state index in [1.54, 1.807) is 7.11 Å². The maximum Gasteiger partial charge on any atom is 0.161 e. The Hall–Kier alpha value is -1.59. The van der Waals surface area contributed by atoms with E-state index in [0.717, 1.165) is 11.8 Å². The SMILES string of the molecule is COc1cc(CCC=O)ccc1OCC(O)CNC(C)C. The van der Waals surface area contributed by atoms with Crippen LogP contribution in [-0.4, -0.2) is 43.8 Å². The molecule has 2 N–H and O–H groups in total. The molecule has 0 bridgehead atoms. The number of carbonyl (C=O) groups excluding carboxylic acids is 1. The second-order valence-corrected chi connectivity index (χ2v) is 5.22. The number of methoxy groups -OCH3 is 1. The largest absolute Gasteiger partial charge is 0.493 e. The minimum Gasteiger partial charge on any atom is -0.493 e. The highest BCUT2D eigenvalue weighted by molar-refractivity contribution is 5.51. The summed E-state index contributed by atoms with van der Waals surface area (Å²) >= 11 is 0. The molecule has 0 aliphatic rings. The molecule has 0 aliphatic carbocycles. The number of benzene rings is 1. The van der Waals surface area contributed by atoms with E-state index < -0.39 is 6.10 Å². The van der Waals surface area contributed by atoms with E-state index in [0.29, 0.717) is 36.9 Å². The van der Waals surface area contributed by atoms with Gasteiger partial charge in [-0.05, 0) is 24.1 Å². The number of hydrogen-bond acceptors (Lipinski definition) is 5. The monoisotopic (exact) mass is 295 g/mol. The van der Waals surface area contributed by atoms with Gasteiger partial charge in [-0.1, -0.05) is 19.9 Å². The Kier molecular flexibility index (Phi) is 7.79. The maximum atomic E-state index is 10.4. The molecule has 21 heavy (non-hydrogen) atoms. The molecule has 0 saturated carbocycles. The van der Waals surface area contributed by atoms with Gasteiger partial charge in [-0.25, -0.2) is 0 Å². The summed E-state index contributed by atoms with van der Waals surface area (Å²) in [6.07, 6.45) is 1.49. The van der Waals surface area contributed by atoms with Crippen LogP contribution in [0.15, 0.2) is 18.2 Å². The lowest BCUT2D eigenvalue weighted by Crippen LogP contribution is -2.35. The molecule has 1 aromatic rings. The van der Waals surface area contributed by atoms with Crippen molar-refractivity contribution in [1.82, 2.24) is 5.32 Å². The topological polar surface area (TPSA) is 67.8 Å². The molecule has 5 heteroatoms. The smallest absolute Gasteiger partial charge is 0.161 e. The van der Waals surface area contributed by atoms with E-state index in [1.165, 1.54) is 0 Å². The predicted octanol–water partition coefficient (Wildman–Crippen LogP) is 1.56. The highest BCUT2D eigenvalue weighted by Crippen LogP contribution is 2.28. The van der Waals surface area contributed by atoms with Crippen LogP contribution < -0.4 is 14.8 Å². The van der Waals surface area contributed by atoms with Crippen LogP contribution in [0.25, 0.3) is 0 Å². The highest BCUT2D eigenvalue weighted by Gasteiger charge is 2.10. The van der Waals surface area contributed by atoms with Crippen molar-refractivity contribution in [1.29, 1.82) is 0 Å². The minimum absolute atomic E-state index is 0.198. The summed E-state index contributed by atoms with van der Waals surface area (Å²) in [5.74, 6) is 1.21. The predicted molar refractivity (Wildman–Crippen MR) is 82.0 cm³/mol. The summed E-state index contributed by atoms with van der Waals surface area (Å²) in [5, 5.41) is 13.0. The van der Waals surface area contributed by atoms with Crippen molar-refractivity contribution in [2.75, 3.05) is 20.3 Å². The Balaban J connectivity index is 2.55.